The molecular formula is C13H12BrN3O. The van der Waals surface area contributed by atoms with Crippen LogP contribution in [0.1, 0.15) is 18.2 Å². The highest BCUT2D eigenvalue weighted by atomic mass is 79.9. The van der Waals surface area contributed by atoms with Gasteiger partial charge in [0.2, 0.25) is 11.7 Å². The fourth-order valence-corrected chi connectivity index (χ4v) is 2.28. The Morgan fingerprint density at radius 2 is 2.00 bits per heavy atom. The lowest BCUT2D eigenvalue weighted by Gasteiger charge is -2.01. The third-order valence-corrected chi connectivity index (χ3v) is 3.51. The molecule has 0 radical (unpaired) electrons. The molecule has 0 bridgehead atoms. The highest BCUT2D eigenvalue weighted by Gasteiger charge is 2.23. The van der Waals surface area contributed by atoms with Gasteiger partial charge in [-0.2, -0.15) is 4.98 Å². The number of hydrogen-bond acceptors (Lipinski definition) is 4. The number of nitrogens with zero attached hydrogens (tertiary/aromatic N) is 2. The van der Waals surface area contributed by atoms with E-state index >= 15 is 0 Å². The van der Waals surface area contributed by atoms with Gasteiger partial charge >= 0.3 is 0 Å². The second-order valence-electron chi connectivity index (χ2n) is 4.35. The van der Waals surface area contributed by atoms with Gasteiger partial charge in [-0.3, -0.25) is 0 Å². The Kier molecular flexibility index (Phi) is 3.01. The van der Waals surface area contributed by atoms with E-state index in [1.807, 2.05) is 36.4 Å². The van der Waals surface area contributed by atoms with Gasteiger partial charge in [0.25, 0.3) is 0 Å². The van der Waals surface area contributed by atoms with Crippen LogP contribution in [0.3, 0.4) is 0 Å². The Morgan fingerprint density at radius 3 is 2.67 bits per heavy atom. The molecule has 1 heterocycles. The molecule has 1 aromatic carbocycles. The van der Waals surface area contributed by atoms with Crippen molar-refractivity contribution in [3.8, 4) is 11.4 Å². The molecule has 18 heavy (non-hydrogen) atoms. The lowest BCUT2D eigenvalue weighted by atomic mass is 10.1. The van der Waals surface area contributed by atoms with Crippen molar-refractivity contribution in [2.45, 2.75) is 18.4 Å². The lowest BCUT2D eigenvalue weighted by Crippen LogP contribution is -2.14. The van der Waals surface area contributed by atoms with Crippen LogP contribution in [0.15, 0.2) is 45.4 Å². The second-order valence-corrected chi connectivity index (χ2v) is 5.27. The minimum Gasteiger partial charge on any atom is -0.338 e. The van der Waals surface area contributed by atoms with Gasteiger partial charge in [-0.25, -0.2) is 0 Å². The van der Waals surface area contributed by atoms with Gasteiger partial charge in [-0.1, -0.05) is 33.2 Å². The van der Waals surface area contributed by atoms with Gasteiger partial charge in [0.1, 0.15) is 0 Å². The van der Waals surface area contributed by atoms with E-state index in [1.165, 1.54) is 0 Å². The summed E-state index contributed by atoms with van der Waals surface area (Å²) in [7, 11) is 0. The van der Waals surface area contributed by atoms with Crippen molar-refractivity contribution in [2.24, 2.45) is 5.73 Å². The molecule has 4 nitrogen and oxygen atoms in total. The van der Waals surface area contributed by atoms with E-state index in [1.54, 1.807) is 0 Å². The topological polar surface area (TPSA) is 64.9 Å². The van der Waals surface area contributed by atoms with E-state index in [-0.39, 0.29) is 12.0 Å². The standard InChI is InChI=1S/C13H12BrN3O/c14-10-4-1-8(2-5-10)12-16-13(18-17-12)9-3-6-11(15)7-9/h1-6,9,11H,7,15H2. The van der Waals surface area contributed by atoms with Crippen molar-refractivity contribution in [3.05, 3.63) is 46.8 Å². The number of aromatic nitrogens is 2. The zero-order chi connectivity index (χ0) is 12.5. The van der Waals surface area contributed by atoms with Crippen LogP contribution in [0.4, 0.5) is 0 Å². The first-order valence-electron chi connectivity index (χ1n) is 5.76. The number of hydrogen-bond donors (Lipinski definition) is 1. The Balaban J connectivity index is 1.85. The second kappa shape index (κ2) is 4.66. The summed E-state index contributed by atoms with van der Waals surface area (Å²) in [4.78, 5) is 4.43. The molecule has 2 aromatic rings. The predicted molar refractivity (Wildman–Crippen MR) is 71.9 cm³/mol. The molecule has 5 heteroatoms. The van der Waals surface area contributed by atoms with E-state index < -0.39 is 0 Å². The number of nitrogens with two attached hydrogens (primary N) is 1. The maximum atomic E-state index is 5.82. The lowest BCUT2D eigenvalue weighted by molar-refractivity contribution is 0.365. The zero-order valence-corrected chi connectivity index (χ0v) is 11.2. The van der Waals surface area contributed by atoms with Crippen LogP contribution in [0, 0.1) is 0 Å². The Morgan fingerprint density at radius 1 is 1.22 bits per heavy atom. The number of benzene rings is 1. The highest BCUT2D eigenvalue weighted by molar-refractivity contribution is 9.10. The largest absolute Gasteiger partial charge is 0.338 e. The third kappa shape index (κ3) is 2.23. The van der Waals surface area contributed by atoms with Crippen LogP contribution >= 0.6 is 15.9 Å². The average molecular weight is 306 g/mol. The molecular weight excluding hydrogens is 294 g/mol. The van der Waals surface area contributed by atoms with E-state index in [0.29, 0.717) is 11.7 Å². The summed E-state index contributed by atoms with van der Waals surface area (Å²) < 4.78 is 6.33. The Labute approximate surface area is 113 Å². The molecule has 1 aliphatic rings. The first kappa shape index (κ1) is 11.6. The number of halogens is 1. The maximum Gasteiger partial charge on any atom is 0.233 e. The summed E-state index contributed by atoms with van der Waals surface area (Å²) in [6.45, 7) is 0. The number of allylic oxidation sites excluding steroid dienone is 1. The van der Waals surface area contributed by atoms with Crippen LogP contribution in [-0.4, -0.2) is 16.2 Å². The first-order valence-corrected chi connectivity index (χ1v) is 6.55. The van der Waals surface area contributed by atoms with E-state index in [9.17, 15) is 0 Å². The molecule has 3 rings (SSSR count). The van der Waals surface area contributed by atoms with E-state index in [0.717, 1.165) is 16.5 Å². The summed E-state index contributed by atoms with van der Waals surface area (Å²) in [5, 5.41) is 4.01. The van der Waals surface area contributed by atoms with Crippen LogP contribution in [-0.2, 0) is 0 Å². The normalized spacial score (nSPS) is 22.6. The maximum absolute atomic E-state index is 5.82. The summed E-state index contributed by atoms with van der Waals surface area (Å²) in [5.74, 6) is 1.40. The summed E-state index contributed by atoms with van der Waals surface area (Å²) >= 11 is 3.40. The van der Waals surface area contributed by atoms with Crippen LogP contribution in [0.25, 0.3) is 11.4 Å². The quantitative estimate of drug-likeness (QED) is 0.867. The minimum atomic E-state index is 0.0954. The van der Waals surface area contributed by atoms with Gasteiger partial charge < -0.3 is 10.3 Å². The minimum absolute atomic E-state index is 0.0954. The average Bonchev–Trinajstić information content (AvgIpc) is 2.98. The van der Waals surface area contributed by atoms with Gasteiger partial charge in [0.15, 0.2) is 0 Å². The van der Waals surface area contributed by atoms with E-state index in [2.05, 4.69) is 26.1 Å². The molecule has 0 aliphatic heterocycles. The number of rotatable bonds is 2. The third-order valence-electron chi connectivity index (χ3n) is 2.98. The van der Waals surface area contributed by atoms with Crippen molar-refractivity contribution < 1.29 is 4.52 Å². The monoisotopic (exact) mass is 305 g/mol. The predicted octanol–water partition coefficient (Wildman–Crippen LogP) is 2.87. The molecule has 2 N–H and O–H groups in total. The molecule has 0 amide bonds. The van der Waals surface area contributed by atoms with Crippen molar-refractivity contribution >= 4 is 15.9 Å². The van der Waals surface area contributed by atoms with Gasteiger partial charge in [0.05, 0.1) is 5.92 Å². The molecule has 1 aliphatic carbocycles. The molecule has 0 fully saturated rings. The first-order chi connectivity index (χ1) is 8.72. The highest BCUT2D eigenvalue weighted by Crippen LogP contribution is 2.28. The fraction of sp³-hybridized carbons (Fsp3) is 0.231. The molecule has 2 unspecified atom stereocenters. The summed E-state index contributed by atoms with van der Waals surface area (Å²) in [6.07, 6.45) is 4.85. The van der Waals surface area contributed by atoms with E-state index in [4.69, 9.17) is 10.3 Å². The molecule has 92 valence electrons. The Bertz CT molecular complexity index is 576. The van der Waals surface area contributed by atoms with Gasteiger partial charge in [-0.15, -0.1) is 0 Å². The molecule has 0 spiro atoms. The SMILES string of the molecule is NC1C=CC(c2nc(-c3ccc(Br)cc3)no2)C1. The fourth-order valence-electron chi connectivity index (χ4n) is 2.01. The van der Waals surface area contributed by atoms with Gasteiger partial charge in [0, 0.05) is 16.1 Å². The van der Waals surface area contributed by atoms with Crippen molar-refractivity contribution in [1.82, 2.24) is 10.1 Å². The zero-order valence-electron chi connectivity index (χ0n) is 9.58. The smallest absolute Gasteiger partial charge is 0.233 e. The molecule has 1 aromatic heterocycles. The summed E-state index contributed by atoms with van der Waals surface area (Å²) in [5.41, 5.74) is 6.76. The van der Waals surface area contributed by atoms with Crippen LogP contribution in [0.2, 0.25) is 0 Å². The summed E-state index contributed by atoms with van der Waals surface area (Å²) in [6, 6.07) is 7.91. The molecule has 2 atom stereocenters. The van der Waals surface area contributed by atoms with Crippen molar-refractivity contribution in [2.75, 3.05) is 0 Å². The molecule has 0 saturated heterocycles. The van der Waals surface area contributed by atoms with Gasteiger partial charge in [-0.05, 0) is 30.7 Å². The van der Waals surface area contributed by atoms with Crippen molar-refractivity contribution in [3.63, 3.8) is 0 Å². The van der Waals surface area contributed by atoms with Crippen LogP contribution in [0.5, 0.6) is 0 Å². The Hall–Kier alpha value is -1.46. The van der Waals surface area contributed by atoms with Crippen molar-refractivity contribution in [1.29, 1.82) is 0 Å². The molecule has 0 saturated carbocycles. The van der Waals surface area contributed by atoms with Crippen LogP contribution < -0.4 is 5.73 Å².